The molecule has 152 valence electrons. The number of aromatic amines is 1. The van der Waals surface area contributed by atoms with Crippen molar-refractivity contribution in [2.24, 2.45) is 0 Å². The van der Waals surface area contributed by atoms with Gasteiger partial charge >= 0.3 is 6.09 Å². The number of amides is 1. The number of aryl methyl sites for hydroxylation is 1. The topological polar surface area (TPSA) is 110 Å². The van der Waals surface area contributed by atoms with Crippen molar-refractivity contribution in [2.45, 2.75) is 13.5 Å². The molecule has 0 aliphatic rings. The lowest BCUT2D eigenvalue weighted by molar-refractivity contribution is 0.103. The molecule has 0 saturated carbocycles. The largest absolute Gasteiger partial charge is 0.467 e. The molecule has 1 amide bonds. The second-order valence-electron chi connectivity index (χ2n) is 6.37. The summed E-state index contributed by atoms with van der Waals surface area (Å²) in [6, 6.07) is 10.4. The van der Waals surface area contributed by atoms with Gasteiger partial charge in [0, 0.05) is 23.4 Å². The summed E-state index contributed by atoms with van der Waals surface area (Å²) in [6.07, 6.45) is 2.21. The molecule has 1 aromatic carbocycles. The van der Waals surface area contributed by atoms with Crippen molar-refractivity contribution in [3.05, 3.63) is 83.4 Å². The molecule has 3 aromatic heterocycles. The van der Waals surface area contributed by atoms with Gasteiger partial charge in [-0.15, -0.1) is 0 Å². The van der Waals surface area contributed by atoms with E-state index in [1.807, 2.05) is 0 Å². The molecule has 8 nitrogen and oxygen atoms in total. The standard InChI is InChI=1S/C21H16FN3O5/c1-12-18(19(25-30-12)13-4-6-15(22)7-5-13)20(26)14-9-17(23-10-14)29-21(27)24-11-16-3-2-8-28-16/h2-10,23H,11H2,1H3,(H,24,27). The molecule has 3 heterocycles. The van der Waals surface area contributed by atoms with Crippen LogP contribution in [0, 0.1) is 12.7 Å². The molecule has 4 aromatic rings. The van der Waals surface area contributed by atoms with E-state index >= 15 is 0 Å². The van der Waals surface area contributed by atoms with E-state index in [0.29, 0.717) is 22.8 Å². The first kappa shape index (κ1) is 19.2. The van der Waals surface area contributed by atoms with Gasteiger partial charge in [0.25, 0.3) is 0 Å². The van der Waals surface area contributed by atoms with E-state index in [4.69, 9.17) is 13.7 Å². The summed E-state index contributed by atoms with van der Waals surface area (Å²) in [5.41, 5.74) is 1.34. The lowest BCUT2D eigenvalue weighted by atomic mass is 10.00. The Morgan fingerprint density at radius 1 is 1.23 bits per heavy atom. The Balaban J connectivity index is 1.48. The summed E-state index contributed by atoms with van der Waals surface area (Å²) in [7, 11) is 0. The number of ether oxygens (including phenoxy) is 1. The average Bonchev–Trinajstić information content (AvgIpc) is 3.48. The second kappa shape index (κ2) is 8.08. The number of hydrogen-bond acceptors (Lipinski definition) is 6. The van der Waals surface area contributed by atoms with Gasteiger partial charge in [-0.25, -0.2) is 9.18 Å². The maximum absolute atomic E-state index is 13.2. The number of halogens is 1. The molecule has 2 N–H and O–H groups in total. The van der Waals surface area contributed by atoms with E-state index in [-0.39, 0.29) is 29.3 Å². The zero-order chi connectivity index (χ0) is 21.1. The highest BCUT2D eigenvalue weighted by molar-refractivity contribution is 6.13. The summed E-state index contributed by atoms with van der Waals surface area (Å²) in [5.74, 6) is 0.206. The highest BCUT2D eigenvalue weighted by atomic mass is 19.1. The molecule has 0 unspecified atom stereocenters. The molecule has 9 heteroatoms. The first-order chi connectivity index (χ1) is 14.5. The van der Waals surface area contributed by atoms with E-state index in [9.17, 15) is 14.0 Å². The highest BCUT2D eigenvalue weighted by Crippen LogP contribution is 2.28. The number of rotatable bonds is 6. The number of carbonyl (C=O) groups is 2. The molecule has 0 fully saturated rings. The van der Waals surface area contributed by atoms with Crippen molar-refractivity contribution in [3.8, 4) is 17.1 Å². The number of hydrogen-bond donors (Lipinski definition) is 2. The molecule has 0 radical (unpaired) electrons. The summed E-state index contributed by atoms with van der Waals surface area (Å²) < 4.78 is 28.6. The van der Waals surface area contributed by atoms with E-state index in [1.54, 1.807) is 19.1 Å². The van der Waals surface area contributed by atoms with E-state index < -0.39 is 11.9 Å². The number of ketones is 1. The van der Waals surface area contributed by atoms with Crippen LogP contribution in [0.2, 0.25) is 0 Å². The van der Waals surface area contributed by atoms with E-state index in [1.165, 1.54) is 42.8 Å². The van der Waals surface area contributed by atoms with Crippen molar-refractivity contribution >= 4 is 11.9 Å². The third-order valence-corrected chi connectivity index (χ3v) is 4.32. The first-order valence-corrected chi connectivity index (χ1v) is 8.94. The average molecular weight is 409 g/mol. The predicted molar refractivity (Wildman–Crippen MR) is 102 cm³/mol. The van der Waals surface area contributed by atoms with Crippen LogP contribution in [-0.4, -0.2) is 22.0 Å². The maximum atomic E-state index is 13.2. The van der Waals surface area contributed by atoms with Gasteiger partial charge in [-0.2, -0.15) is 0 Å². The fraction of sp³-hybridized carbons (Fsp3) is 0.0952. The fourth-order valence-electron chi connectivity index (χ4n) is 2.86. The Bertz CT molecular complexity index is 1180. The molecule has 0 spiro atoms. The number of carbonyl (C=O) groups excluding carboxylic acids is 2. The number of nitrogens with one attached hydrogen (secondary N) is 2. The summed E-state index contributed by atoms with van der Waals surface area (Å²) in [5, 5.41) is 6.46. The van der Waals surface area contributed by atoms with E-state index in [0.717, 1.165) is 0 Å². The molecule has 0 atom stereocenters. The van der Waals surface area contributed by atoms with Gasteiger partial charge in [-0.3, -0.25) is 4.79 Å². The molecule has 0 bridgehead atoms. The summed E-state index contributed by atoms with van der Waals surface area (Å²) >= 11 is 0. The fourth-order valence-corrected chi connectivity index (χ4v) is 2.86. The molecular formula is C21H16FN3O5. The SMILES string of the molecule is Cc1onc(-c2ccc(F)cc2)c1C(=O)c1c[nH]c(OC(=O)NCc2ccco2)c1. The van der Waals surface area contributed by atoms with Gasteiger partial charge in [0.05, 0.1) is 18.4 Å². The zero-order valence-electron chi connectivity index (χ0n) is 15.8. The Morgan fingerprint density at radius 3 is 2.77 bits per heavy atom. The van der Waals surface area contributed by atoms with Gasteiger partial charge in [-0.1, -0.05) is 5.16 Å². The van der Waals surface area contributed by atoms with Gasteiger partial charge < -0.3 is 24.0 Å². The quantitative estimate of drug-likeness (QED) is 0.461. The van der Waals surface area contributed by atoms with Crippen LogP contribution in [0.1, 0.15) is 27.4 Å². The second-order valence-corrected chi connectivity index (χ2v) is 6.37. The Kier molecular flexibility index (Phi) is 5.17. The van der Waals surface area contributed by atoms with Crippen LogP contribution in [-0.2, 0) is 6.54 Å². The van der Waals surface area contributed by atoms with Gasteiger partial charge in [-0.05, 0) is 43.3 Å². The highest BCUT2D eigenvalue weighted by Gasteiger charge is 2.24. The Labute approximate surface area is 169 Å². The molecule has 0 aliphatic heterocycles. The Morgan fingerprint density at radius 2 is 2.03 bits per heavy atom. The maximum Gasteiger partial charge on any atom is 0.414 e. The van der Waals surface area contributed by atoms with Crippen LogP contribution >= 0.6 is 0 Å². The monoisotopic (exact) mass is 409 g/mol. The van der Waals surface area contributed by atoms with Gasteiger partial charge in [0.2, 0.25) is 11.7 Å². The van der Waals surface area contributed by atoms with Gasteiger partial charge in [0.15, 0.2) is 0 Å². The lowest BCUT2D eigenvalue weighted by Gasteiger charge is -2.03. The number of furan rings is 1. The number of benzene rings is 1. The smallest absolute Gasteiger partial charge is 0.414 e. The van der Waals surface area contributed by atoms with Crippen molar-refractivity contribution in [1.29, 1.82) is 0 Å². The minimum Gasteiger partial charge on any atom is -0.467 e. The minimum absolute atomic E-state index is 0.0905. The van der Waals surface area contributed by atoms with Crippen LogP contribution in [0.4, 0.5) is 9.18 Å². The minimum atomic E-state index is -0.708. The van der Waals surface area contributed by atoms with Gasteiger partial charge in [0.1, 0.15) is 23.0 Å². The number of H-pyrrole nitrogens is 1. The van der Waals surface area contributed by atoms with Crippen molar-refractivity contribution in [2.75, 3.05) is 0 Å². The van der Waals surface area contributed by atoms with Crippen LogP contribution < -0.4 is 10.1 Å². The third kappa shape index (κ3) is 4.00. The van der Waals surface area contributed by atoms with E-state index in [2.05, 4.69) is 15.5 Å². The Hall–Kier alpha value is -4.14. The first-order valence-electron chi connectivity index (χ1n) is 8.94. The number of nitrogens with zero attached hydrogens (tertiary/aromatic N) is 1. The lowest BCUT2D eigenvalue weighted by Crippen LogP contribution is -2.26. The molecular weight excluding hydrogens is 393 g/mol. The van der Waals surface area contributed by atoms with Crippen molar-refractivity contribution < 1.29 is 27.7 Å². The van der Waals surface area contributed by atoms with Crippen LogP contribution in [0.5, 0.6) is 5.88 Å². The zero-order valence-corrected chi connectivity index (χ0v) is 15.8. The molecule has 4 rings (SSSR count). The van der Waals surface area contributed by atoms with Crippen LogP contribution in [0.3, 0.4) is 0 Å². The number of aromatic nitrogens is 2. The van der Waals surface area contributed by atoms with Crippen LogP contribution in [0.25, 0.3) is 11.3 Å². The van der Waals surface area contributed by atoms with Crippen molar-refractivity contribution in [3.63, 3.8) is 0 Å². The van der Waals surface area contributed by atoms with Crippen molar-refractivity contribution in [1.82, 2.24) is 15.5 Å². The molecule has 0 aliphatic carbocycles. The summed E-state index contributed by atoms with van der Waals surface area (Å²) in [4.78, 5) is 27.6. The normalized spacial score (nSPS) is 10.7. The third-order valence-electron chi connectivity index (χ3n) is 4.32. The predicted octanol–water partition coefficient (Wildman–Crippen LogP) is 4.23. The molecule has 30 heavy (non-hydrogen) atoms. The molecule has 0 saturated heterocycles. The van der Waals surface area contributed by atoms with Crippen LogP contribution in [0.15, 0.2) is 63.9 Å². The summed E-state index contributed by atoms with van der Waals surface area (Å²) in [6.45, 7) is 1.78.